The van der Waals surface area contributed by atoms with Crippen molar-refractivity contribution in [2.45, 2.75) is 25.1 Å². The van der Waals surface area contributed by atoms with Gasteiger partial charge in [0, 0.05) is 31.7 Å². The van der Waals surface area contributed by atoms with Gasteiger partial charge in [-0.25, -0.2) is 4.98 Å². The molecule has 1 fully saturated rings. The molecule has 0 saturated carbocycles. The van der Waals surface area contributed by atoms with Crippen LogP contribution in [0.4, 0.5) is 0 Å². The van der Waals surface area contributed by atoms with Gasteiger partial charge in [0.1, 0.15) is 5.75 Å². The molecule has 3 rings (SSSR count). The Morgan fingerprint density at radius 3 is 3.00 bits per heavy atom. The SMILES string of the molecule is COc1ccc2ncc(=O)n(CCN3CC[C@@H](N)[C@H](O)C3)c2c1. The Hall–Kier alpha value is -1.96. The van der Waals surface area contributed by atoms with Crippen molar-refractivity contribution in [3.63, 3.8) is 0 Å². The Kier molecular flexibility index (Phi) is 4.61. The van der Waals surface area contributed by atoms with E-state index in [4.69, 9.17) is 10.5 Å². The maximum Gasteiger partial charge on any atom is 0.269 e. The van der Waals surface area contributed by atoms with Gasteiger partial charge in [-0.15, -0.1) is 0 Å². The second-order valence-corrected chi connectivity index (χ2v) is 5.92. The number of nitrogens with zero attached hydrogens (tertiary/aromatic N) is 3. The Labute approximate surface area is 134 Å². The van der Waals surface area contributed by atoms with Crippen LogP contribution in [0.3, 0.4) is 0 Å². The number of nitrogens with two attached hydrogens (primary N) is 1. The Morgan fingerprint density at radius 2 is 2.26 bits per heavy atom. The summed E-state index contributed by atoms with van der Waals surface area (Å²) < 4.78 is 6.94. The average Bonchev–Trinajstić information content (AvgIpc) is 2.56. The predicted octanol–water partition coefficient (Wildman–Crippen LogP) is -0.201. The molecular weight excluding hydrogens is 296 g/mol. The first-order valence-corrected chi connectivity index (χ1v) is 7.78. The quantitative estimate of drug-likeness (QED) is 0.811. The molecule has 2 heterocycles. The molecule has 7 heteroatoms. The van der Waals surface area contributed by atoms with Crippen LogP contribution in [-0.4, -0.2) is 58.4 Å². The molecule has 1 aromatic heterocycles. The topological polar surface area (TPSA) is 93.6 Å². The van der Waals surface area contributed by atoms with Crippen LogP contribution in [0.25, 0.3) is 11.0 Å². The summed E-state index contributed by atoms with van der Waals surface area (Å²) in [6.07, 6.45) is 1.60. The number of likely N-dealkylation sites (tertiary alicyclic amines) is 1. The lowest BCUT2D eigenvalue weighted by Crippen LogP contribution is -2.51. The molecule has 124 valence electrons. The molecule has 7 nitrogen and oxygen atoms in total. The summed E-state index contributed by atoms with van der Waals surface area (Å²) in [5.74, 6) is 0.693. The van der Waals surface area contributed by atoms with E-state index in [0.717, 1.165) is 24.0 Å². The summed E-state index contributed by atoms with van der Waals surface area (Å²) >= 11 is 0. The van der Waals surface area contributed by atoms with E-state index in [1.165, 1.54) is 6.20 Å². The fourth-order valence-electron chi connectivity index (χ4n) is 2.96. The fourth-order valence-corrected chi connectivity index (χ4v) is 2.96. The van der Waals surface area contributed by atoms with E-state index in [1.54, 1.807) is 11.7 Å². The first-order chi connectivity index (χ1) is 11.1. The van der Waals surface area contributed by atoms with Crippen LogP contribution in [0.2, 0.25) is 0 Å². The van der Waals surface area contributed by atoms with Crippen LogP contribution in [-0.2, 0) is 6.54 Å². The van der Waals surface area contributed by atoms with Crippen molar-refractivity contribution >= 4 is 11.0 Å². The van der Waals surface area contributed by atoms with E-state index >= 15 is 0 Å². The molecule has 0 amide bonds. The van der Waals surface area contributed by atoms with Crippen molar-refractivity contribution in [1.29, 1.82) is 0 Å². The van der Waals surface area contributed by atoms with E-state index < -0.39 is 6.10 Å². The third-order valence-electron chi connectivity index (χ3n) is 4.41. The van der Waals surface area contributed by atoms with Crippen LogP contribution >= 0.6 is 0 Å². The molecular formula is C16H22N4O3. The van der Waals surface area contributed by atoms with E-state index in [9.17, 15) is 9.90 Å². The fraction of sp³-hybridized carbons (Fsp3) is 0.500. The van der Waals surface area contributed by atoms with Gasteiger partial charge in [-0.1, -0.05) is 0 Å². The van der Waals surface area contributed by atoms with E-state index in [2.05, 4.69) is 9.88 Å². The summed E-state index contributed by atoms with van der Waals surface area (Å²) in [4.78, 5) is 18.5. The zero-order valence-electron chi connectivity index (χ0n) is 13.2. The lowest BCUT2D eigenvalue weighted by atomic mass is 10.0. The monoisotopic (exact) mass is 318 g/mol. The third-order valence-corrected chi connectivity index (χ3v) is 4.41. The van der Waals surface area contributed by atoms with Gasteiger partial charge in [0.25, 0.3) is 5.56 Å². The first kappa shape index (κ1) is 15.9. The van der Waals surface area contributed by atoms with Crippen molar-refractivity contribution in [2.24, 2.45) is 5.73 Å². The summed E-state index contributed by atoms with van der Waals surface area (Å²) in [6.45, 7) is 2.59. The normalized spacial score (nSPS) is 22.4. The number of fused-ring (bicyclic) bond motifs is 1. The van der Waals surface area contributed by atoms with Crippen LogP contribution in [0, 0.1) is 0 Å². The number of ether oxygens (including phenoxy) is 1. The highest BCUT2D eigenvalue weighted by molar-refractivity contribution is 5.76. The van der Waals surface area contributed by atoms with Crippen LogP contribution in [0.15, 0.2) is 29.2 Å². The van der Waals surface area contributed by atoms with Gasteiger partial charge in [-0.2, -0.15) is 0 Å². The van der Waals surface area contributed by atoms with Gasteiger partial charge >= 0.3 is 0 Å². The summed E-state index contributed by atoms with van der Waals surface area (Å²) in [5.41, 5.74) is 7.20. The second kappa shape index (κ2) is 6.66. The number of aliphatic hydroxyl groups excluding tert-OH is 1. The predicted molar refractivity (Wildman–Crippen MR) is 87.6 cm³/mol. The summed E-state index contributed by atoms with van der Waals surface area (Å²) in [5, 5.41) is 9.88. The number of hydrogen-bond acceptors (Lipinski definition) is 6. The smallest absolute Gasteiger partial charge is 0.269 e. The number of aliphatic hydroxyl groups is 1. The second-order valence-electron chi connectivity index (χ2n) is 5.92. The maximum absolute atomic E-state index is 12.2. The van der Waals surface area contributed by atoms with Crippen LogP contribution in [0.5, 0.6) is 5.75 Å². The highest BCUT2D eigenvalue weighted by Crippen LogP contribution is 2.18. The zero-order valence-corrected chi connectivity index (χ0v) is 13.2. The minimum atomic E-state index is -0.505. The molecule has 3 N–H and O–H groups in total. The van der Waals surface area contributed by atoms with Gasteiger partial charge in [-0.05, 0) is 25.1 Å². The zero-order chi connectivity index (χ0) is 16.4. The number of benzene rings is 1. The molecule has 0 spiro atoms. The van der Waals surface area contributed by atoms with Crippen LogP contribution in [0.1, 0.15) is 6.42 Å². The molecule has 0 unspecified atom stereocenters. The van der Waals surface area contributed by atoms with Crippen molar-refractivity contribution in [1.82, 2.24) is 14.5 Å². The number of methoxy groups -OCH3 is 1. The summed E-state index contributed by atoms with van der Waals surface area (Å²) in [7, 11) is 1.60. The first-order valence-electron chi connectivity index (χ1n) is 7.78. The molecule has 1 saturated heterocycles. The maximum atomic E-state index is 12.2. The average molecular weight is 318 g/mol. The molecule has 2 atom stereocenters. The summed E-state index contributed by atoms with van der Waals surface area (Å²) in [6, 6.07) is 5.34. The highest BCUT2D eigenvalue weighted by atomic mass is 16.5. The van der Waals surface area contributed by atoms with Gasteiger partial charge in [0.15, 0.2) is 0 Å². The molecule has 1 aliphatic rings. The number of aromatic nitrogens is 2. The van der Waals surface area contributed by atoms with Gasteiger partial charge < -0.3 is 20.1 Å². The standard InChI is InChI=1S/C16H22N4O3/c1-23-11-2-3-13-14(8-11)20(16(22)9-18-13)7-6-19-5-4-12(17)15(21)10-19/h2-3,8-9,12,15,21H,4-7,10,17H2,1H3/t12-,15-/m1/s1. The van der Waals surface area contributed by atoms with E-state index in [-0.39, 0.29) is 11.6 Å². The highest BCUT2D eigenvalue weighted by Gasteiger charge is 2.24. The molecule has 1 aromatic carbocycles. The van der Waals surface area contributed by atoms with Gasteiger partial charge in [0.05, 0.1) is 30.4 Å². The minimum Gasteiger partial charge on any atom is -0.497 e. The van der Waals surface area contributed by atoms with Crippen LogP contribution < -0.4 is 16.0 Å². The third kappa shape index (κ3) is 3.36. The van der Waals surface area contributed by atoms with Crippen molar-refractivity contribution in [2.75, 3.05) is 26.7 Å². The molecule has 23 heavy (non-hydrogen) atoms. The van der Waals surface area contributed by atoms with Crippen molar-refractivity contribution in [3.8, 4) is 5.75 Å². The molecule has 0 aliphatic carbocycles. The lowest BCUT2D eigenvalue weighted by Gasteiger charge is -2.34. The number of rotatable bonds is 4. The Balaban J connectivity index is 1.82. The van der Waals surface area contributed by atoms with E-state index in [0.29, 0.717) is 25.4 Å². The lowest BCUT2D eigenvalue weighted by molar-refractivity contribution is 0.0520. The van der Waals surface area contributed by atoms with E-state index in [1.807, 2.05) is 18.2 Å². The number of piperidine rings is 1. The number of β-amino-alcohol motifs (C(OH)–C–C–N with tert-alkyl or cyclic N) is 1. The molecule has 0 radical (unpaired) electrons. The molecule has 2 aromatic rings. The van der Waals surface area contributed by atoms with Gasteiger partial charge in [-0.3, -0.25) is 9.69 Å². The van der Waals surface area contributed by atoms with Crippen molar-refractivity contribution in [3.05, 3.63) is 34.7 Å². The Bertz CT molecular complexity index is 746. The number of hydrogen-bond donors (Lipinski definition) is 2. The van der Waals surface area contributed by atoms with Crippen molar-refractivity contribution < 1.29 is 9.84 Å². The Morgan fingerprint density at radius 1 is 1.43 bits per heavy atom. The minimum absolute atomic E-state index is 0.139. The molecule has 0 bridgehead atoms. The van der Waals surface area contributed by atoms with Gasteiger partial charge in [0.2, 0.25) is 0 Å². The largest absolute Gasteiger partial charge is 0.497 e. The molecule has 1 aliphatic heterocycles.